The van der Waals surface area contributed by atoms with Crippen LogP contribution in [0.4, 0.5) is 0 Å². The molecule has 0 radical (unpaired) electrons. The van der Waals surface area contributed by atoms with Gasteiger partial charge in [-0.1, -0.05) is 24.4 Å². The summed E-state index contributed by atoms with van der Waals surface area (Å²) in [5, 5.41) is 1.88. The molecular formula is C15H18ClNO. The molecule has 2 aromatic rings. The SMILES string of the molecule is Clc1ccc2cc(CN3CCCCCC3)oc2c1. The number of furan rings is 1. The van der Waals surface area contributed by atoms with Gasteiger partial charge in [0.1, 0.15) is 11.3 Å². The summed E-state index contributed by atoms with van der Waals surface area (Å²) in [6, 6.07) is 7.96. The largest absolute Gasteiger partial charge is 0.460 e. The standard InChI is InChI=1S/C15H18ClNO/c16-13-6-5-12-9-14(18-15(12)10-13)11-17-7-3-1-2-4-8-17/h5-6,9-10H,1-4,7-8,11H2. The molecule has 1 aliphatic rings. The second kappa shape index (κ2) is 5.33. The highest BCUT2D eigenvalue weighted by Crippen LogP contribution is 2.24. The molecule has 0 N–H and O–H groups in total. The Morgan fingerprint density at radius 2 is 1.83 bits per heavy atom. The average molecular weight is 264 g/mol. The molecule has 1 saturated heterocycles. The predicted octanol–water partition coefficient (Wildman–Crippen LogP) is 4.46. The van der Waals surface area contributed by atoms with Crippen LogP contribution in [0.3, 0.4) is 0 Å². The van der Waals surface area contributed by atoms with Crippen molar-refractivity contribution in [2.75, 3.05) is 13.1 Å². The molecule has 0 aliphatic carbocycles. The first-order valence-electron chi connectivity index (χ1n) is 6.71. The van der Waals surface area contributed by atoms with Gasteiger partial charge in [-0.3, -0.25) is 4.90 Å². The molecule has 2 nitrogen and oxygen atoms in total. The lowest BCUT2D eigenvalue weighted by molar-refractivity contribution is 0.256. The lowest BCUT2D eigenvalue weighted by Crippen LogP contribution is -2.23. The molecule has 0 unspecified atom stereocenters. The van der Waals surface area contributed by atoms with E-state index in [1.807, 2.05) is 18.2 Å². The number of hydrogen-bond donors (Lipinski definition) is 0. The summed E-state index contributed by atoms with van der Waals surface area (Å²) in [6.07, 6.45) is 5.36. The van der Waals surface area contributed by atoms with Crippen molar-refractivity contribution < 1.29 is 4.42 Å². The summed E-state index contributed by atoms with van der Waals surface area (Å²) in [5.74, 6) is 1.05. The van der Waals surface area contributed by atoms with E-state index in [0.717, 1.165) is 28.3 Å². The third kappa shape index (κ3) is 2.70. The minimum Gasteiger partial charge on any atom is -0.460 e. The Kier molecular flexibility index (Phi) is 3.57. The number of rotatable bonds is 2. The Morgan fingerprint density at radius 1 is 1.06 bits per heavy atom. The second-order valence-corrected chi connectivity index (χ2v) is 5.52. The molecule has 2 heterocycles. The summed E-state index contributed by atoms with van der Waals surface area (Å²) in [6.45, 7) is 3.31. The van der Waals surface area contributed by atoms with Crippen molar-refractivity contribution in [1.82, 2.24) is 4.90 Å². The van der Waals surface area contributed by atoms with Gasteiger partial charge in [-0.2, -0.15) is 0 Å². The van der Waals surface area contributed by atoms with E-state index in [4.69, 9.17) is 16.0 Å². The highest BCUT2D eigenvalue weighted by Gasteiger charge is 2.12. The fraction of sp³-hybridized carbons (Fsp3) is 0.467. The Morgan fingerprint density at radius 3 is 2.61 bits per heavy atom. The van der Waals surface area contributed by atoms with E-state index < -0.39 is 0 Å². The number of benzene rings is 1. The Labute approximate surface area is 113 Å². The van der Waals surface area contributed by atoms with E-state index >= 15 is 0 Å². The first-order valence-corrected chi connectivity index (χ1v) is 7.09. The van der Waals surface area contributed by atoms with Crippen LogP contribution in [0, 0.1) is 0 Å². The Bertz CT molecular complexity index is 526. The maximum absolute atomic E-state index is 5.97. The monoisotopic (exact) mass is 263 g/mol. The van der Waals surface area contributed by atoms with E-state index in [9.17, 15) is 0 Å². The van der Waals surface area contributed by atoms with Crippen LogP contribution >= 0.6 is 11.6 Å². The van der Waals surface area contributed by atoms with Gasteiger partial charge in [-0.15, -0.1) is 0 Å². The summed E-state index contributed by atoms with van der Waals surface area (Å²) < 4.78 is 5.87. The van der Waals surface area contributed by atoms with Crippen LogP contribution in [0.5, 0.6) is 0 Å². The van der Waals surface area contributed by atoms with E-state index in [2.05, 4.69) is 11.0 Å². The molecular weight excluding hydrogens is 246 g/mol. The van der Waals surface area contributed by atoms with Crippen molar-refractivity contribution in [3.05, 3.63) is 35.0 Å². The van der Waals surface area contributed by atoms with Crippen LogP contribution < -0.4 is 0 Å². The number of fused-ring (bicyclic) bond motifs is 1. The third-order valence-corrected chi connectivity index (χ3v) is 3.85. The molecule has 1 fully saturated rings. The van der Waals surface area contributed by atoms with Gasteiger partial charge in [0.25, 0.3) is 0 Å². The molecule has 18 heavy (non-hydrogen) atoms. The van der Waals surface area contributed by atoms with Gasteiger partial charge in [0.05, 0.1) is 6.54 Å². The second-order valence-electron chi connectivity index (χ2n) is 5.09. The van der Waals surface area contributed by atoms with Crippen LogP contribution in [0.25, 0.3) is 11.0 Å². The lowest BCUT2D eigenvalue weighted by atomic mass is 10.2. The van der Waals surface area contributed by atoms with Crippen LogP contribution in [-0.2, 0) is 6.54 Å². The first-order chi connectivity index (χ1) is 8.81. The zero-order valence-corrected chi connectivity index (χ0v) is 11.2. The topological polar surface area (TPSA) is 16.4 Å². The summed E-state index contributed by atoms with van der Waals surface area (Å²) in [7, 11) is 0. The molecule has 3 heteroatoms. The Balaban J connectivity index is 1.77. The lowest BCUT2D eigenvalue weighted by Gasteiger charge is -2.17. The van der Waals surface area contributed by atoms with Gasteiger partial charge in [0.15, 0.2) is 0 Å². The molecule has 0 spiro atoms. The molecule has 0 saturated carbocycles. The van der Waals surface area contributed by atoms with Crippen LogP contribution in [0.1, 0.15) is 31.4 Å². The number of likely N-dealkylation sites (tertiary alicyclic amines) is 1. The van der Waals surface area contributed by atoms with E-state index in [0.29, 0.717) is 0 Å². The fourth-order valence-corrected chi connectivity index (χ4v) is 2.81. The van der Waals surface area contributed by atoms with Crippen molar-refractivity contribution in [1.29, 1.82) is 0 Å². The molecule has 1 aromatic carbocycles. The maximum Gasteiger partial charge on any atom is 0.135 e. The van der Waals surface area contributed by atoms with Crippen LogP contribution in [0.2, 0.25) is 5.02 Å². The minimum absolute atomic E-state index is 0.734. The van der Waals surface area contributed by atoms with E-state index in [1.54, 1.807) is 0 Å². The van der Waals surface area contributed by atoms with Gasteiger partial charge >= 0.3 is 0 Å². The van der Waals surface area contributed by atoms with Crippen molar-refractivity contribution in [3.8, 4) is 0 Å². The molecule has 0 amide bonds. The van der Waals surface area contributed by atoms with Crippen molar-refractivity contribution in [2.24, 2.45) is 0 Å². The van der Waals surface area contributed by atoms with Crippen LogP contribution in [0.15, 0.2) is 28.7 Å². The quantitative estimate of drug-likeness (QED) is 0.795. The normalized spacial score (nSPS) is 18.1. The van der Waals surface area contributed by atoms with Gasteiger partial charge in [-0.05, 0) is 44.1 Å². The van der Waals surface area contributed by atoms with Gasteiger partial charge in [0, 0.05) is 16.5 Å². The van der Waals surface area contributed by atoms with Crippen molar-refractivity contribution in [2.45, 2.75) is 32.2 Å². The maximum atomic E-state index is 5.97. The van der Waals surface area contributed by atoms with Gasteiger partial charge < -0.3 is 4.42 Å². The summed E-state index contributed by atoms with van der Waals surface area (Å²) >= 11 is 5.97. The van der Waals surface area contributed by atoms with Crippen molar-refractivity contribution >= 4 is 22.6 Å². The van der Waals surface area contributed by atoms with E-state index in [1.165, 1.54) is 38.8 Å². The molecule has 0 bridgehead atoms. The van der Waals surface area contributed by atoms with E-state index in [-0.39, 0.29) is 0 Å². The van der Waals surface area contributed by atoms with Crippen LogP contribution in [-0.4, -0.2) is 18.0 Å². The molecule has 96 valence electrons. The third-order valence-electron chi connectivity index (χ3n) is 3.61. The molecule has 0 atom stereocenters. The molecule has 1 aromatic heterocycles. The smallest absolute Gasteiger partial charge is 0.135 e. The zero-order chi connectivity index (χ0) is 12.4. The highest BCUT2D eigenvalue weighted by atomic mass is 35.5. The number of halogens is 1. The molecule has 3 rings (SSSR count). The van der Waals surface area contributed by atoms with Gasteiger partial charge in [-0.25, -0.2) is 0 Å². The fourth-order valence-electron chi connectivity index (χ4n) is 2.65. The number of hydrogen-bond acceptors (Lipinski definition) is 2. The Hall–Kier alpha value is -0.990. The number of nitrogens with zero attached hydrogens (tertiary/aromatic N) is 1. The zero-order valence-electron chi connectivity index (χ0n) is 10.5. The minimum atomic E-state index is 0.734. The average Bonchev–Trinajstić information content (AvgIpc) is 2.57. The highest BCUT2D eigenvalue weighted by molar-refractivity contribution is 6.31. The molecule has 1 aliphatic heterocycles. The summed E-state index contributed by atoms with van der Waals surface area (Å²) in [5.41, 5.74) is 0.896. The van der Waals surface area contributed by atoms with Crippen molar-refractivity contribution in [3.63, 3.8) is 0 Å². The van der Waals surface area contributed by atoms with Gasteiger partial charge in [0.2, 0.25) is 0 Å². The predicted molar refractivity (Wildman–Crippen MR) is 75.0 cm³/mol. The summed E-state index contributed by atoms with van der Waals surface area (Å²) in [4.78, 5) is 2.49. The first kappa shape index (κ1) is 12.1.